The summed E-state index contributed by atoms with van der Waals surface area (Å²) in [6, 6.07) is 19.9. The van der Waals surface area contributed by atoms with Gasteiger partial charge in [0, 0.05) is 0 Å². The normalized spacial score (nSPS) is 17.7. The monoisotopic (exact) mass is 416 g/mol. The van der Waals surface area contributed by atoms with E-state index >= 15 is 0 Å². The maximum Gasteiger partial charge on any atom is -1.00 e. The number of halogens is 2. The van der Waals surface area contributed by atoms with Crippen molar-refractivity contribution in [3.8, 4) is 0 Å². The molecule has 0 fully saturated rings. The van der Waals surface area contributed by atoms with Crippen LogP contribution in [0.1, 0.15) is 22.6 Å². The van der Waals surface area contributed by atoms with Gasteiger partial charge >= 0.3 is 138 Å². The first-order valence-electron chi connectivity index (χ1n) is 7.39. The number of benzene rings is 2. The molecule has 0 nitrogen and oxygen atoms in total. The van der Waals surface area contributed by atoms with Gasteiger partial charge in [0.15, 0.2) is 0 Å². The van der Waals surface area contributed by atoms with E-state index in [0.29, 0.717) is 5.92 Å². The van der Waals surface area contributed by atoms with E-state index in [1.807, 2.05) is 0 Å². The Hall–Kier alpha value is -0.877. The van der Waals surface area contributed by atoms with Crippen LogP contribution in [0.2, 0.25) is 3.63 Å². The predicted octanol–water partition coefficient (Wildman–Crippen LogP) is -0.822. The van der Waals surface area contributed by atoms with Gasteiger partial charge in [0.1, 0.15) is 0 Å². The topological polar surface area (TPSA) is 0 Å². The summed E-state index contributed by atoms with van der Waals surface area (Å²) in [4.78, 5) is 0. The molecule has 0 N–H and O–H groups in total. The van der Waals surface area contributed by atoms with Crippen LogP contribution in [0.3, 0.4) is 0 Å². The summed E-state index contributed by atoms with van der Waals surface area (Å²) in [6.45, 7) is 0. The van der Waals surface area contributed by atoms with Crippen molar-refractivity contribution in [3.63, 3.8) is 0 Å². The molecule has 2 aliphatic carbocycles. The number of allylic oxidation sites excluding steroid dienone is 5. The number of hydrogen-bond donors (Lipinski definition) is 0. The van der Waals surface area contributed by atoms with Crippen molar-refractivity contribution in [2.24, 2.45) is 0 Å². The largest absolute Gasteiger partial charge is 1.00 e. The third-order valence-electron chi connectivity index (χ3n) is 4.14. The summed E-state index contributed by atoms with van der Waals surface area (Å²) in [5, 5.41) is 0. The Bertz CT molecular complexity index is 735. The summed E-state index contributed by atoms with van der Waals surface area (Å²) in [5.74, 6) is 0.497. The van der Waals surface area contributed by atoms with Crippen LogP contribution in [0, 0.1) is 0 Å². The van der Waals surface area contributed by atoms with Crippen molar-refractivity contribution in [2.45, 2.75) is 9.54 Å². The number of hydrogen-bond acceptors (Lipinski definition) is 0. The Kier molecular flexibility index (Phi) is 6.65. The first-order valence-corrected chi connectivity index (χ1v) is 10.0. The van der Waals surface area contributed by atoms with Gasteiger partial charge < -0.3 is 24.8 Å². The average molecular weight is 418 g/mol. The summed E-state index contributed by atoms with van der Waals surface area (Å²) < 4.78 is 2.42. The van der Waals surface area contributed by atoms with Crippen molar-refractivity contribution >= 4 is 6.08 Å². The first-order chi connectivity index (χ1) is 10.4. The molecule has 0 saturated carbocycles. The van der Waals surface area contributed by atoms with Crippen LogP contribution < -0.4 is 24.8 Å². The maximum atomic E-state index is 2.47. The third kappa shape index (κ3) is 3.79. The molecule has 2 aliphatic rings. The second-order valence-corrected chi connectivity index (χ2v) is 9.28. The Morgan fingerprint density at radius 2 is 1.39 bits per heavy atom. The molecule has 1 unspecified atom stereocenters. The fourth-order valence-corrected chi connectivity index (χ4v) is 6.93. The van der Waals surface area contributed by atoms with E-state index in [0.717, 1.165) is 3.63 Å². The van der Waals surface area contributed by atoms with E-state index in [1.165, 1.54) is 16.7 Å². The maximum absolute atomic E-state index is 2.47. The van der Waals surface area contributed by atoms with Crippen molar-refractivity contribution in [1.82, 2.24) is 0 Å². The van der Waals surface area contributed by atoms with Gasteiger partial charge in [-0.25, -0.2) is 0 Å². The van der Waals surface area contributed by atoms with E-state index in [-0.39, 0.29) is 24.8 Å². The van der Waals surface area contributed by atoms with Gasteiger partial charge in [-0.3, -0.25) is 0 Å². The minimum atomic E-state index is -0.621. The summed E-state index contributed by atoms with van der Waals surface area (Å²) in [7, 11) is 0. The van der Waals surface area contributed by atoms with Crippen LogP contribution in [0.5, 0.6) is 0 Å². The first kappa shape index (κ1) is 18.5. The van der Waals surface area contributed by atoms with Crippen LogP contribution in [-0.2, 0) is 23.2 Å². The number of fused-ring (bicyclic) bond motifs is 1. The predicted molar refractivity (Wildman–Crippen MR) is 84.7 cm³/mol. The quantitative estimate of drug-likeness (QED) is 0.611. The van der Waals surface area contributed by atoms with Gasteiger partial charge in [-0.05, 0) is 0 Å². The molecule has 0 heterocycles. The Labute approximate surface area is 161 Å². The average Bonchev–Trinajstić information content (AvgIpc) is 3.15. The molecule has 0 spiro atoms. The molecule has 0 aliphatic heterocycles. The Balaban J connectivity index is 0.000000960. The van der Waals surface area contributed by atoms with Crippen molar-refractivity contribution in [1.29, 1.82) is 0 Å². The zero-order chi connectivity index (χ0) is 14.1. The molecule has 0 amide bonds. The van der Waals surface area contributed by atoms with Crippen LogP contribution in [0.4, 0.5) is 0 Å². The Morgan fingerprint density at radius 1 is 0.739 bits per heavy atom. The summed E-state index contributed by atoms with van der Waals surface area (Å²) in [5.41, 5.74) is 4.36. The van der Waals surface area contributed by atoms with Crippen molar-refractivity contribution in [2.75, 3.05) is 0 Å². The van der Waals surface area contributed by atoms with Gasteiger partial charge in [-0.15, -0.1) is 0 Å². The zero-order valence-corrected chi connectivity index (χ0v) is 16.5. The molecule has 0 saturated heterocycles. The van der Waals surface area contributed by atoms with Crippen LogP contribution >= 0.6 is 0 Å². The number of rotatable bonds is 3. The fourth-order valence-electron chi connectivity index (χ4n) is 3.17. The molecule has 114 valence electrons. The second-order valence-electron chi connectivity index (χ2n) is 5.51. The molecule has 2 aromatic carbocycles. The summed E-state index contributed by atoms with van der Waals surface area (Å²) >= 11 is -0.621. The van der Waals surface area contributed by atoms with Crippen LogP contribution in [-0.4, -0.2) is 0 Å². The molecule has 2 aromatic rings. The van der Waals surface area contributed by atoms with Crippen LogP contribution in [0.25, 0.3) is 6.08 Å². The van der Waals surface area contributed by atoms with E-state index < -0.39 is 23.2 Å². The van der Waals surface area contributed by atoms with E-state index in [4.69, 9.17) is 0 Å². The fraction of sp³-hybridized carbons (Fsp3) is 0.100. The van der Waals surface area contributed by atoms with Gasteiger partial charge in [0.25, 0.3) is 0 Å². The molecule has 4 rings (SSSR count). The van der Waals surface area contributed by atoms with Crippen molar-refractivity contribution in [3.05, 3.63) is 98.9 Å². The molecule has 0 radical (unpaired) electrons. The third-order valence-corrected chi connectivity index (χ3v) is 7.79. The van der Waals surface area contributed by atoms with Gasteiger partial charge in [-0.2, -0.15) is 0 Å². The summed E-state index contributed by atoms with van der Waals surface area (Å²) in [6.07, 6.45) is 11.6. The Morgan fingerprint density at radius 3 is 2.13 bits per heavy atom. The van der Waals surface area contributed by atoms with Gasteiger partial charge in [-0.1, -0.05) is 0 Å². The van der Waals surface area contributed by atoms with E-state index in [1.54, 1.807) is 3.28 Å². The zero-order valence-electron chi connectivity index (χ0n) is 12.5. The molecule has 1 atom stereocenters. The molecule has 23 heavy (non-hydrogen) atoms. The van der Waals surface area contributed by atoms with Crippen LogP contribution in [0.15, 0.2) is 82.2 Å². The van der Waals surface area contributed by atoms with E-state index in [2.05, 4.69) is 85.0 Å². The molecule has 3 heteroatoms. The SMILES string of the molecule is C1=C[CH]([Zr+2][C]2=Cc3ccccc3C2c2ccccc2)C=C1.[Cl-].[Cl-]. The van der Waals surface area contributed by atoms with Crippen molar-refractivity contribution < 1.29 is 48.0 Å². The molecule has 0 aromatic heterocycles. The van der Waals surface area contributed by atoms with Gasteiger partial charge in [0.05, 0.1) is 0 Å². The minimum Gasteiger partial charge on any atom is -1.00 e. The standard InChI is InChI=1S/C15H11.C5H5.2ClH.Zr/c1-2-6-12(7-3-1)15-11-10-13-8-4-5-9-14(13)15;1-2-4-5-3-1;;;/h1-10,15H;1-5H;2*1H;/q;;;;+2/p-2. The molecular weight excluding hydrogens is 402 g/mol. The van der Waals surface area contributed by atoms with E-state index in [9.17, 15) is 0 Å². The minimum absolute atomic E-state index is 0. The van der Waals surface area contributed by atoms with Gasteiger partial charge in [0.2, 0.25) is 0 Å². The second kappa shape index (κ2) is 8.29. The molecular formula is C20H16Cl2Zr. The molecule has 0 bridgehead atoms. The smallest absolute Gasteiger partial charge is 1.00 e.